The Hall–Kier alpha value is -1.18. The lowest BCUT2D eigenvalue weighted by Crippen LogP contribution is -2.21. The molecule has 0 radical (unpaired) electrons. The van der Waals surface area contributed by atoms with E-state index >= 15 is 0 Å². The van der Waals surface area contributed by atoms with Crippen molar-refractivity contribution in [2.45, 2.75) is 0 Å². The van der Waals surface area contributed by atoms with Gasteiger partial charge in [0.25, 0.3) is 0 Å². The number of carboxylic acid groups (broad SMARTS) is 1. The SMILES string of the molecule is NC(=O)C(=O)O.OCCNCCO. The summed E-state index contributed by atoms with van der Waals surface area (Å²) in [5.74, 6) is -2.93. The van der Waals surface area contributed by atoms with Crippen molar-refractivity contribution in [2.24, 2.45) is 5.73 Å². The summed E-state index contributed by atoms with van der Waals surface area (Å²) < 4.78 is 0. The average molecular weight is 194 g/mol. The molecule has 0 aromatic heterocycles. The topological polar surface area (TPSA) is 133 Å². The van der Waals surface area contributed by atoms with Gasteiger partial charge in [0.1, 0.15) is 0 Å². The minimum absolute atomic E-state index is 0.139. The van der Waals surface area contributed by atoms with Gasteiger partial charge in [-0.2, -0.15) is 0 Å². The predicted molar refractivity (Wildman–Crippen MR) is 43.9 cm³/mol. The zero-order chi connectivity index (χ0) is 10.7. The van der Waals surface area contributed by atoms with Crippen LogP contribution in [-0.4, -0.2) is 53.5 Å². The van der Waals surface area contributed by atoms with Crippen molar-refractivity contribution in [3.8, 4) is 0 Å². The Bertz CT molecular complexity index is 134. The van der Waals surface area contributed by atoms with Gasteiger partial charge in [0.15, 0.2) is 0 Å². The van der Waals surface area contributed by atoms with Crippen LogP contribution < -0.4 is 11.1 Å². The fourth-order valence-corrected chi connectivity index (χ4v) is 0.283. The molecule has 0 aliphatic heterocycles. The van der Waals surface area contributed by atoms with Crippen LogP contribution in [-0.2, 0) is 9.59 Å². The second-order valence-electron chi connectivity index (χ2n) is 1.87. The van der Waals surface area contributed by atoms with Crippen LogP contribution >= 0.6 is 0 Å². The molecule has 0 atom stereocenters. The maximum Gasteiger partial charge on any atom is 0.394 e. The number of aliphatic hydroxyl groups excluding tert-OH is 2. The monoisotopic (exact) mass is 194 g/mol. The predicted octanol–water partition coefficient (Wildman–Crippen LogP) is -2.88. The molecule has 7 heteroatoms. The lowest BCUT2D eigenvalue weighted by molar-refractivity contribution is -0.148. The summed E-state index contributed by atoms with van der Waals surface area (Å²) >= 11 is 0. The molecule has 0 aromatic carbocycles. The van der Waals surface area contributed by atoms with E-state index in [2.05, 4.69) is 11.1 Å². The molecule has 1 amide bonds. The lowest BCUT2D eigenvalue weighted by atomic mass is 10.6. The molecule has 0 saturated heterocycles. The largest absolute Gasteiger partial charge is 0.474 e. The first-order valence-corrected chi connectivity index (χ1v) is 3.51. The van der Waals surface area contributed by atoms with E-state index < -0.39 is 11.9 Å². The van der Waals surface area contributed by atoms with Gasteiger partial charge in [0.2, 0.25) is 0 Å². The maximum absolute atomic E-state index is 9.32. The molecule has 0 fully saturated rings. The van der Waals surface area contributed by atoms with Crippen molar-refractivity contribution >= 4 is 11.9 Å². The van der Waals surface area contributed by atoms with Gasteiger partial charge in [0.05, 0.1) is 13.2 Å². The number of primary amides is 1. The molecule has 0 unspecified atom stereocenters. The number of rotatable bonds is 4. The highest BCUT2D eigenvalue weighted by atomic mass is 16.4. The standard InChI is InChI=1S/C4H11NO2.C2H3NO3/c6-3-1-5-2-4-7;3-1(4)2(5)6/h5-7H,1-4H2;(H2,3,4)(H,5,6). The van der Waals surface area contributed by atoms with Crippen molar-refractivity contribution in [1.29, 1.82) is 0 Å². The Balaban J connectivity index is 0. The Morgan fingerprint density at radius 3 is 1.62 bits per heavy atom. The number of aliphatic carboxylic acids is 1. The van der Waals surface area contributed by atoms with Crippen LogP contribution in [0.5, 0.6) is 0 Å². The van der Waals surface area contributed by atoms with Crippen LogP contribution in [0.1, 0.15) is 0 Å². The van der Waals surface area contributed by atoms with Gasteiger partial charge >= 0.3 is 11.9 Å². The summed E-state index contributed by atoms with van der Waals surface area (Å²) in [5.41, 5.74) is 4.20. The lowest BCUT2D eigenvalue weighted by Gasteiger charge is -1.94. The second kappa shape index (κ2) is 10.8. The number of nitrogens with two attached hydrogens (primary N) is 1. The first kappa shape index (κ1) is 14.3. The first-order chi connectivity index (χ1) is 6.06. The van der Waals surface area contributed by atoms with Crippen LogP contribution in [0.15, 0.2) is 0 Å². The van der Waals surface area contributed by atoms with Crippen LogP contribution in [0.25, 0.3) is 0 Å². The molecular formula is C6H14N2O5. The van der Waals surface area contributed by atoms with Crippen molar-refractivity contribution in [1.82, 2.24) is 5.32 Å². The van der Waals surface area contributed by atoms with Crippen LogP contribution in [0, 0.1) is 0 Å². The molecule has 0 bridgehead atoms. The highest BCUT2D eigenvalue weighted by Gasteiger charge is 2.00. The fourth-order valence-electron chi connectivity index (χ4n) is 0.283. The number of hydrogen-bond acceptors (Lipinski definition) is 5. The highest BCUT2D eigenvalue weighted by molar-refractivity contribution is 6.30. The maximum atomic E-state index is 9.32. The number of amides is 1. The van der Waals surface area contributed by atoms with E-state index in [4.69, 9.17) is 15.3 Å². The summed E-state index contributed by atoms with van der Waals surface area (Å²) in [6.07, 6.45) is 0. The van der Waals surface area contributed by atoms with Gasteiger partial charge in [0, 0.05) is 13.1 Å². The average Bonchev–Trinajstić information content (AvgIpc) is 2.06. The quantitative estimate of drug-likeness (QED) is 0.241. The molecule has 0 aliphatic rings. The van der Waals surface area contributed by atoms with Gasteiger partial charge in [-0.05, 0) is 0 Å². The van der Waals surface area contributed by atoms with E-state index in [1.54, 1.807) is 0 Å². The Kier molecular flexibility index (Phi) is 11.9. The Labute approximate surface area is 75.2 Å². The van der Waals surface area contributed by atoms with Crippen LogP contribution in [0.4, 0.5) is 0 Å². The first-order valence-electron chi connectivity index (χ1n) is 3.51. The summed E-state index contributed by atoms with van der Waals surface area (Å²) in [6.45, 7) is 1.42. The zero-order valence-corrected chi connectivity index (χ0v) is 7.06. The van der Waals surface area contributed by atoms with Gasteiger partial charge < -0.3 is 26.4 Å². The summed E-state index contributed by atoms with van der Waals surface area (Å²) in [7, 11) is 0. The van der Waals surface area contributed by atoms with E-state index in [1.165, 1.54) is 0 Å². The summed E-state index contributed by atoms with van der Waals surface area (Å²) in [6, 6.07) is 0. The van der Waals surface area contributed by atoms with Crippen molar-refractivity contribution in [3.63, 3.8) is 0 Å². The highest BCUT2D eigenvalue weighted by Crippen LogP contribution is 1.54. The summed E-state index contributed by atoms with van der Waals surface area (Å²) in [4.78, 5) is 18.5. The van der Waals surface area contributed by atoms with E-state index in [0.29, 0.717) is 13.1 Å². The molecule has 7 nitrogen and oxygen atoms in total. The number of carbonyl (C=O) groups excluding carboxylic acids is 1. The Morgan fingerprint density at radius 1 is 1.15 bits per heavy atom. The number of nitrogens with one attached hydrogen (secondary N) is 1. The number of carboxylic acids is 1. The zero-order valence-electron chi connectivity index (χ0n) is 7.06. The van der Waals surface area contributed by atoms with Crippen LogP contribution in [0.2, 0.25) is 0 Å². The van der Waals surface area contributed by atoms with Crippen molar-refractivity contribution in [2.75, 3.05) is 26.3 Å². The van der Waals surface area contributed by atoms with Gasteiger partial charge in [-0.15, -0.1) is 0 Å². The fraction of sp³-hybridized carbons (Fsp3) is 0.667. The molecule has 0 aromatic rings. The molecule has 0 rings (SSSR count). The van der Waals surface area contributed by atoms with E-state index in [9.17, 15) is 9.59 Å². The molecule has 0 heterocycles. The molecule has 0 spiro atoms. The van der Waals surface area contributed by atoms with E-state index in [0.717, 1.165) is 0 Å². The summed E-state index contributed by atoms with van der Waals surface area (Å²) in [5, 5.41) is 26.6. The van der Waals surface area contributed by atoms with Crippen molar-refractivity contribution < 1.29 is 24.9 Å². The van der Waals surface area contributed by atoms with Crippen molar-refractivity contribution in [3.05, 3.63) is 0 Å². The third-order valence-electron chi connectivity index (χ3n) is 0.788. The molecule has 13 heavy (non-hydrogen) atoms. The molecular weight excluding hydrogens is 180 g/mol. The minimum Gasteiger partial charge on any atom is -0.474 e. The minimum atomic E-state index is -1.60. The third-order valence-corrected chi connectivity index (χ3v) is 0.788. The Morgan fingerprint density at radius 2 is 1.46 bits per heavy atom. The third kappa shape index (κ3) is 18.1. The number of carbonyl (C=O) groups is 2. The molecule has 6 N–H and O–H groups in total. The normalized spacial score (nSPS) is 8.46. The number of hydrogen-bond donors (Lipinski definition) is 5. The van der Waals surface area contributed by atoms with Gasteiger partial charge in [-0.1, -0.05) is 0 Å². The number of aliphatic hydroxyl groups is 2. The smallest absolute Gasteiger partial charge is 0.394 e. The molecule has 78 valence electrons. The van der Waals surface area contributed by atoms with E-state index in [1.807, 2.05) is 0 Å². The van der Waals surface area contributed by atoms with E-state index in [-0.39, 0.29) is 13.2 Å². The van der Waals surface area contributed by atoms with Gasteiger partial charge in [-0.25, -0.2) is 4.79 Å². The molecule has 0 saturated carbocycles. The molecule has 0 aliphatic carbocycles. The van der Waals surface area contributed by atoms with Gasteiger partial charge in [-0.3, -0.25) is 4.79 Å². The van der Waals surface area contributed by atoms with Crippen LogP contribution in [0.3, 0.4) is 0 Å². The second-order valence-corrected chi connectivity index (χ2v) is 1.87.